The first-order valence-electron chi connectivity index (χ1n) is 7.32. The molecule has 0 unspecified atom stereocenters. The molecule has 0 atom stereocenters. The Hall–Kier alpha value is -1.67. The Morgan fingerprint density at radius 3 is 2.65 bits per heavy atom. The van der Waals surface area contributed by atoms with Crippen molar-refractivity contribution in [3.63, 3.8) is 0 Å². The van der Waals surface area contributed by atoms with E-state index in [1.54, 1.807) is 4.68 Å². The van der Waals surface area contributed by atoms with Gasteiger partial charge in [-0.15, -0.1) is 0 Å². The summed E-state index contributed by atoms with van der Waals surface area (Å²) in [6.45, 7) is 5.92. The van der Waals surface area contributed by atoms with E-state index < -0.39 is 0 Å². The molecule has 1 aliphatic heterocycles. The van der Waals surface area contributed by atoms with Crippen molar-refractivity contribution in [1.29, 1.82) is 5.26 Å². The number of hydrogen-bond acceptors (Lipinski definition) is 4. The molecule has 1 fully saturated rings. The lowest BCUT2D eigenvalue weighted by molar-refractivity contribution is 0.0822. The van der Waals surface area contributed by atoms with Crippen LogP contribution in [0.15, 0.2) is 0 Å². The molecule has 1 aliphatic carbocycles. The second kappa shape index (κ2) is 4.71. The van der Waals surface area contributed by atoms with Crippen LogP contribution in [0.25, 0.3) is 0 Å². The molecule has 5 nitrogen and oxygen atoms in total. The number of aromatic nitrogens is 2. The van der Waals surface area contributed by atoms with Crippen molar-refractivity contribution in [2.45, 2.75) is 45.6 Å². The van der Waals surface area contributed by atoms with Crippen LogP contribution in [0.5, 0.6) is 0 Å². The normalized spacial score (nSPS) is 21.0. The van der Waals surface area contributed by atoms with Crippen molar-refractivity contribution < 1.29 is 4.79 Å². The SMILES string of the molecule is CC(C)n1nc(C#N)c2c1C(=O)CC1(CCNCC1)C2. The van der Waals surface area contributed by atoms with Gasteiger partial charge in [-0.2, -0.15) is 10.4 Å². The average Bonchev–Trinajstić information content (AvgIpc) is 2.78. The van der Waals surface area contributed by atoms with Gasteiger partial charge in [0.05, 0.1) is 0 Å². The number of carbonyl (C=O) groups excluding carboxylic acids is 1. The van der Waals surface area contributed by atoms with Gasteiger partial charge in [0.2, 0.25) is 0 Å². The highest BCUT2D eigenvalue weighted by molar-refractivity contribution is 5.98. The number of ketones is 1. The minimum Gasteiger partial charge on any atom is -0.317 e. The highest BCUT2D eigenvalue weighted by Gasteiger charge is 2.42. The topological polar surface area (TPSA) is 70.7 Å². The molecule has 0 saturated carbocycles. The van der Waals surface area contributed by atoms with Gasteiger partial charge in [-0.3, -0.25) is 9.48 Å². The van der Waals surface area contributed by atoms with Gasteiger partial charge in [0, 0.05) is 18.0 Å². The van der Waals surface area contributed by atoms with E-state index in [2.05, 4.69) is 16.5 Å². The third-order valence-corrected chi connectivity index (χ3v) is 4.62. The van der Waals surface area contributed by atoms with Crippen LogP contribution in [-0.4, -0.2) is 28.7 Å². The second-order valence-corrected chi connectivity index (χ2v) is 6.35. The third kappa shape index (κ3) is 1.95. The zero-order valence-corrected chi connectivity index (χ0v) is 12.1. The molecule has 106 valence electrons. The van der Waals surface area contributed by atoms with Gasteiger partial charge in [-0.05, 0) is 51.6 Å². The van der Waals surface area contributed by atoms with Gasteiger partial charge in [0.15, 0.2) is 11.5 Å². The van der Waals surface area contributed by atoms with Crippen LogP contribution in [0.4, 0.5) is 0 Å². The van der Waals surface area contributed by atoms with Crippen molar-refractivity contribution in [3.05, 3.63) is 17.0 Å². The van der Waals surface area contributed by atoms with Crippen LogP contribution in [0.2, 0.25) is 0 Å². The number of hydrogen-bond donors (Lipinski definition) is 1. The fourth-order valence-corrected chi connectivity index (χ4v) is 3.57. The van der Waals surface area contributed by atoms with Crippen LogP contribution in [0.3, 0.4) is 0 Å². The number of fused-ring (bicyclic) bond motifs is 1. The number of nitrogens with one attached hydrogen (secondary N) is 1. The number of nitrogens with zero attached hydrogens (tertiary/aromatic N) is 3. The predicted molar refractivity (Wildman–Crippen MR) is 74.5 cm³/mol. The van der Waals surface area contributed by atoms with E-state index in [0.717, 1.165) is 37.9 Å². The Morgan fingerprint density at radius 1 is 1.35 bits per heavy atom. The molecule has 1 spiro atoms. The molecule has 3 rings (SSSR count). The van der Waals surface area contributed by atoms with Crippen molar-refractivity contribution in [1.82, 2.24) is 15.1 Å². The number of Topliss-reactive ketones (excluding diaryl/α,β-unsaturated/α-hetero) is 1. The first kappa shape index (κ1) is 13.3. The summed E-state index contributed by atoms with van der Waals surface area (Å²) in [5.41, 5.74) is 2.06. The quantitative estimate of drug-likeness (QED) is 0.846. The van der Waals surface area contributed by atoms with Gasteiger partial charge in [-0.25, -0.2) is 0 Å². The molecule has 0 radical (unpaired) electrons. The lowest BCUT2D eigenvalue weighted by Gasteiger charge is -2.40. The van der Waals surface area contributed by atoms with Crippen LogP contribution in [0, 0.1) is 16.7 Å². The Labute approximate surface area is 119 Å². The molecule has 1 aromatic rings. The van der Waals surface area contributed by atoms with Crippen LogP contribution >= 0.6 is 0 Å². The minimum atomic E-state index is 0.0474. The van der Waals surface area contributed by atoms with Crippen LogP contribution in [0.1, 0.15) is 60.9 Å². The predicted octanol–water partition coefficient (Wildman–Crippen LogP) is 1.83. The van der Waals surface area contributed by atoms with E-state index in [1.807, 2.05) is 13.8 Å². The molecular formula is C15H20N4O. The zero-order valence-electron chi connectivity index (χ0n) is 12.1. The molecular weight excluding hydrogens is 252 g/mol. The maximum absolute atomic E-state index is 12.6. The number of nitriles is 1. The maximum Gasteiger partial charge on any atom is 0.181 e. The molecule has 2 heterocycles. The minimum absolute atomic E-state index is 0.0474. The fourth-order valence-electron chi connectivity index (χ4n) is 3.57. The van der Waals surface area contributed by atoms with Crippen molar-refractivity contribution in [2.24, 2.45) is 5.41 Å². The molecule has 20 heavy (non-hydrogen) atoms. The summed E-state index contributed by atoms with van der Waals surface area (Å²) in [7, 11) is 0. The summed E-state index contributed by atoms with van der Waals surface area (Å²) in [5.74, 6) is 0.163. The number of piperidine rings is 1. The van der Waals surface area contributed by atoms with Crippen molar-refractivity contribution in [2.75, 3.05) is 13.1 Å². The first-order valence-corrected chi connectivity index (χ1v) is 7.32. The van der Waals surface area contributed by atoms with Gasteiger partial charge < -0.3 is 5.32 Å². The van der Waals surface area contributed by atoms with Crippen LogP contribution in [-0.2, 0) is 6.42 Å². The Bertz CT molecular complexity index is 588. The molecule has 5 heteroatoms. The number of carbonyl (C=O) groups is 1. The molecule has 2 aliphatic rings. The lowest BCUT2D eigenvalue weighted by Crippen LogP contribution is -2.42. The van der Waals surface area contributed by atoms with E-state index in [9.17, 15) is 10.1 Å². The van der Waals surface area contributed by atoms with Crippen molar-refractivity contribution in [3.8, 4) is 6.07 Å². The van der Waals surface area contributed by atoms with Gasteiger partial charge in [-0.1, -0.05) is 0 Å². The van der Waals surface area contributed by atoms with Gasteiger partial charge in [0.25, 0.3) is 0 Å². The summed E-state index contributed by atoms with van der Waals surface area (Å²) >= 11 is 0. The highest BCUT2D eigenvalue weighted by atomic mass is 16.1. The molecule has 0 amide bonds. The summed E-state index contributed by atoms with van der Waals surface area (Å²) in [5, 5.41) is 17.0. The van der Waals surface area contributed by atoms with Gasteiger partial charge >= 0.3 is 0 Å². The summed E-state index contributed by atoms with van der Waals surface area (Å²) in [6.07, 6.45) is 3.45. The van der Waals surface area contributed by atoms with E-state index in [1.165, 1.54) is 0 Å². The smallest absolute Gasteiger partial charge is 0.181 e. The van der Waals surface area contributed by atoms with E-state index in [4.69, 9.17) is 0 Å². The number of rotatable bonds is 1. The molecule has 0 bridgehead atoms. The molecule has 1 aromatic heterocycles. The monoisotopic (exact) mass is 272 g/mol. The largest absolute Gasteiger partial charge is 0.317 e. The van der Waals surface area contributed by atoms with E-state index >= 15 is 0 Å². The average molecular weight is 272 g/mol. The van der Waals surface area contributed by atoms with Gasteiger partial charge in [0.1, 0.15) is 11.8 Å². The standard InChI is InChI=1S/C15H20N4O/c1-10(2)19-14-11(12(9-16)18-19)7-15(8-13(14)20)3-5-17-6-4-15/h10,17H,3-8H2,1-2H3. The second-order valence-electron chi connectivity index (χ2n) is 6.35. The summed E-state index contributed by atoms with van der Waals surface area (Å²) < 4.78 is 1.74. The Morgan fingerprint density at radius 2 is 2.05 bits per heavy atom. The lowest BCUT2D eigenvalue weighted by atomic mass is 9.67. The maximum atomic E-state index is 12.6. The Kier molecular flexibility index (Phi) is 3.14. The third-order valence-electron chi connectivity index (χ3n) is 4.62. The van der Waals surface area contributed by atoms with E-state index in [0.29, 0.717) is 17.8 Å². The van der Waals surface area contributed by atoms with Crippen LogP contribution < -0.4 is 5.32 Å². The Balaban J connectivity index is 2.08. The fraction of sp³-hybridized carbons (Fsp3) is 0.667. The van der Waals surface area contributed by atoms with Crippen molar-refractivity contribution >= 4 is 5.78 Å². The highest BCUT2D eigenvalue weighted by Crippen LogP contribution is 2.43. The summed E-state index contributed by atoms with van der Waals surface area (Å²) in [6, 6.07) is 2.28. The van der Waals surface area contributed by atoms with E-state index in [-0.39, 0.29) is 17.2 Å². The first-order chi connectivity index (χ1) is 9.56. The summed E-state index contributed by atoms with van der Waals surface area (Å²) in [4.78, 5) is 12.6. The molecule has 1 N–H and O–H groups in total. The zero-order chi connectivity index (χ0) is 14.3. The molecule has 1 saturated heterocycles. The molecule has 0 aromatic carbocycles.